The van der Waals surface area contributed by atoms with Crippen LogP contribution < -0.4 is 5.32 Å². The zero-order valence-electron chi connectivity index (χ0n) is 15.7. The van der Waals surface area contributed by atoms with Gasteiger partial charge in [0, 0.05) is 32.2 Å². The largest absolute Gasteiger partial charge is 0.352 e. The van der Waals surface area contributed by atoms with E-state index in [9.17, 15) is 4.79 Å². The van der Waals surface area contributed by atoms with Crippen LogP contribution in [0, 0.1) is 12.8 Å². The Bertz CT molecular complexity index is 568. The lowest BCUT2D eigenvalue weighted by Gasteiger charge is -2.37. The van der Waals surface area contributed by atoms with Gasteiger partial charge in [-0.05, 0) is 32.6 Å². The van der Waals surface area contributed by atoms with Crippen LogP contribution in [0.25, 0.3) is 0 Å². The lowest BCUT2D eigenvalue weighted by atomic mass is 9.86. The molecule has 1 N–H and O–H groups in total. The normalized spacial score (nSPS) is 27.2. The molecule has 0 bridgehead atoms. The first-order valence-corrected chi connectivity index (χ1v) is 9.59. The van der Waals surface area contributed by atoms with Gasteiger partial charge in [0.2, 0.25) is 11.8 Å². The van der Waals surface area contributed by atoms with Crippen molar-refractivity contribution in [1.29, 1.82) is 0 Å². The third kappa shape index (κ3) is 4.79. The van der Waals surface area contributed by atoms with Crippen molar-refractivity contribution in [2.45, 2.75) is 58.5 Å². The number of hydrogen-bond acceptors (Lipinski definition) is 6. The molecule has 1 amide bonds. The molecule has 7 heteroatoms. The second-order valence-electron chi connectivity index (χ2n) is 7.60. The first-order chi connectivity index (χ1) is 12.0. The summed E-state index contributed by atoms with van der Waals surface area (Å²) in [5, 5.41) is 7.12. The monoisotopic (exact) mass is 349 g/mol. The highest BCUT2D eigenvalue weighted by Gasteiger charge is 2.27. The molecule has 1 aliphatic carbocycles. The van der Waals surface area contributed by atoms with E-state index in [4.69, 9.17) is 4.52 Å². The number of hydrogen-bond donors (Lipinski definition) is 1. The van der Waals surface area contributed by atoms with Gasteiger partial charge in [-0.2, -0.15) is 4.98 Å². The molecule has 0 unspecified atom stereocenters. The molecule has 0 spiro atoms. The summed E-state index contributed by atoms with van der Waals surface area (Å²) >= 11 is 0. The molecule has 7 nitrogen and oxygen atoms in total. The first kappa shape index (κ1) is 18.3. The number of carbonyl (C=O) groups excluding carboxylic acids is 1. The topological polar surface area (TPSA) is 74.5 Å². The van der Waals surface area contributed by atoms with Crippen molar-refractivity contribution >= 4 is 5.91 Å². The van der Waals surface area contributed by atoms with Crippen molar-refractivity contribution in [3.8, 4) is 0 Å². The number of rotatable bonds is 5. The van der Waals surface area contributed by atoms with E-state index in [-0.39, 0.29) is 11.9 Å². The maximum atomic E-state index is 12.4. The van der Waals surface area contributed by atoms with E-state index >= 15 is 0 Å². The third-order valence-electron chi connectivity index (χ3n) is 5.68. The molecule has 1 aromatic heterocycles. The predicted octanol–water partition coefficient (Wildman–Crippen LogP) is 1.75. The molecule has 1 saturated carbocycles. The SMILES string of the molecule is Cc1noc([C@H](C)N2CCN(CC(=O)N[C@@H]3CCCC[C@@H]3C)CC2)n1. The fraction of sp³-hybridized carbons (Fsp3) is 0.833. The van der Waals surface area contributed by atoms with Gasteiger partial charge >= 0.3 is 0 Å². The number of aromatic nitrogens is 2. The molecule has 1 aromatic rings. The second-order valence-corrected chi connectivity index (χ2v) is 7.60. The molecule has 2 aliphatic rings. The Morgan fingerprint density at radius 3 is 2.64 bits per heavy atom. The summed E-state index contributed by atoms with van der Waals surface area (Å²) in [7, 11) is 0. The molecule has 3 atom stereocenters. The van der Waals surface area contributed by atoms with Crippen LogP contribution in [0.3, 0.4) is 0 Å². The molecule has 0 aromatic carbocycles. The van der Waals surface area contributed by atoms with Crippen LogP contribution in [0.1, 0.15) is 57.3 Å². The van der Waals surface area contributed by atoms with Crippen molar-refractivity contribution in [3.63, 3.8) is 0 Å². The minimum absolute atomic E-state index is 0.125. The molecule has 1 saturated heterocycles. The Kier molecular flexibility index (Phi) is 6.06. The molecule has 2 fully saturated rings. The summed E-state index contributed by atoms with van der Waals surface area (Å²) in [5.74, 6) is 2.13. The average Bonchev–Trinajstić information content (AvgIpc) is 3.03. The molecule has 2 heterocycles. The summed E-state index contributed by atoms with van der Waals surface area (Å²) in [6.07, 6.45) is 4.90. The van der Waals surface area contributed by atoms with Crippen LogP contribution in [-0.4, -0.2) is 64.6 Å². The number of piperazine rings is 1. The van der Waals surface area contributed by atoms with Crippen molar-refractivity contribution < 1.29 is 9.32 Å². The van der Waals surface area contributed by atoms with Gasteiger partial charge < -0.3 is 9.84 Å². The van der Waals surface area contributed by atoms with E-state index in [1.807, 2.05) is 6.92 Å². The lowest BCUT2D eigenvalue weighted by Crippen LogP contribution is -2.51. The van der Waals surface area contributed by atoms with Crippen molar-refractivity contribution in [2.24, 2.45) is 5.92 Å². The smallest absolute Gasteiger partial charge is 0.243 e. The van der Waals surface area contributed by atoms with Gasteiger partial charge in [-0.3, -0.25) is 14.6 Å². The highest BCUT2D eigenvalue weighted by molar-refractivity contribution is 5.78. The van der Waals surface area contributed by atoms with E-state index in [0.29, 0.717) is 30.2 Å². The zero-order valence-corrected chi connectivity index (χ0v) is 15.7. The van der Waals surface area contributed by atoms with Crippen LogP contribution in [0.15, 0.2) is 4.52 Å². The maximum Gasteiger partial charge on any atom is 0.243 e. The van der Waals surface area contributed by atoms with Gasteiger partial charge in [-0.25, -0.2) is 0 Å². The van der Waals surface area contributed by atoms with E-state index in [1.54, 1.807) is 0 Å². The molecule has 1 aliphatic heterocycles. The Labute approximate surface area is 150 Å². The summed E-state index contributed by atoms with van der Waals surface area (Å²) in [5.41, 5.74) is 0. The highest BCUT2D eigenvalue weighted by atomic mass is 16.5. The van der Waals surface area contributed by atoms with Gasteiger partial charge in [0.15, 0.2) is 5.82 Å². The summed E-state index contributed by atoms with van der Waals surface area (Å²) in [6.45, 7) is 10.3. The highest BCUT2D eigenvalue weighted by Crippen LogP contribution is 2.24. The van der Waals surface area contributed by atoms with Crippen LogP contribution in [-0.2, 0) is 4.79 Å². The van der Waals surface area contributed by atoms with Crippen molar-refractivity contribution in [2.75, 3.05) is 32.7 Å². The van der Waals surface area contributed by atoms with Gasteiger partial charge in [0.25, 0.3) is 0 Å². The number of nitrogens with zero attached hydrogens (tertiary/aromatic N) is 4. The van der Waals surface area contributed by atoms with E-state index in [2.05, 4.69) is 39.1 Å². The molecular weight excluding hydrogens is 318 g/mol. The maximum absolute atomic E-state index is 12.4. The quantitative estimate of drug-likeness (QED) is 0.873. The van der Waals surface area contributed by atoms with Crippen LogP contribution in [0.5, 0.6) is 0 Å². The molecule has 3 rings (SSSR count). The molecular formula is C18H31N5O2. The number of carbonyl (C=O) groups is 1. The van der Waals surface area contributed by atoms with Gasteiger partial charge in [0.1, 0.15) is 0 Å². The van der Waals surface area contributed by atoms with Crippen molar-refractivity contribution in [3.05, 3.63) is 11.7 Å². The minimum atomic E-state index is 0.125. The van der Waals surface area contributed by atoms with Crippen LogP contribution in [0.2, 0.25) is 0 Å². The fourth-order valence-corrected chi connectivity index (χ4v) is 3.93. The Balaban J connectivity index is 1.42. The summed E-state index contributed by atoms with van der Waals surface area (Å²) in [6, 6.07) is 0.489. The standard InChI is InChI=1S/C18H31N5O2/c1-13-6-4-5-7-16(13)20-17(24)12-22-8-10-23(11-9-22)14(2)18-19-15(3)21-25-18/h13-14,16H,4-12H2,1-3H3,(H,20,24)/t13-,14-,16+/m0/s1. The second kappa shape index (κ2) is 8.27. The van der Waals surface area contributed by atoms with Gasteiger partial charge in [-0.15, -0.1) is 0 Å². The minimum Gasteiger partial charge on any atom is -0.352 e. The van der Waals surface area contributed by atoms with E-state index in [1.165, 1.54) is 19.3 Å². The molecule has 25 heavy (non-hydrogen) atoms. The summed E-state index contributed by atoms with van der Waals surface area (Å²) in [4.78, 5) is 21.3. The number of aryl methyl sites for hydroxylation is 1. The van der Waals surface area contributed by atoms with E-state index in [0.717, 1.165) is 32.6 Å². The Hall–Kier alpha value is -1.47. The fourth-order valence-electron chi connectivity index (χ4n) is 3.93. The summed E-state index contributed by atoms with van der Waals surface area (Å²) < 4.78 is 5.28. The third-order valence-corrected chi connectivity index (χ3v) is 5.68. The zero-order chi connectivity index (χ0) is 17.8. The Morgan fingerprint density at radius 2 is 2.00 bits per heavy atom. The first-order valence-electron chi connectivity index (χ1n) is 9.59. The van der Waals surface area contributed by atoms with E-state index < -0.39 is 0 Å². The van der Waals surface area contributed by atoms with Crippen LogP contribution >= 0.6 is 0 Å². The number of amides is 1. The average molecular weight is 349 g/mol. The van der Waals surface area contributed by atoms with Gasteiger partial charge in [0.05, 0.1) is 12.6 Å². The number of nitrogens with one attached hydrogen (secondary N) is 1. The molecule has 0 radical (unpaired) electrons. The van der Waals surface area contributed by atoms with Crippen LogP contribution in [0.4, 0.5) is 0 Å². The lowest BCUT2D eigenvalue weighted by molar-refractivity contribution is -0.124. The van der Waals surface area contributed by atoms with Gasteiger partial charge in [-0.1, -0.05) is 24.9 Å². The Morgan fingerprint density at radius 1 is 1.28 bits per heavy atom. The van der Waals surface area contributed by atoms with Crippen molar-refractivity contribution in [1.82, 2.24) is 25.3 Å². The predicted molar refractivity (Wildman–Crippen MR) is 95.0 cm³/mol. The molecule has 140 valence electrons.